The second-order valence-electron chi connectivity index (χ2n) is 0.757. The van der Waals surface area contributed by atoms with Gasteiger partial charge in [-0.15, -0.1) is 23.2 Å². The maximum Gasteiger partial charge on any atom is 0.0967 e. The van der Waals surface area contributed by atoms with E-state index >= 15 is 0 Å². The number of aromatic nitrogens is 3. The predicted molar refractivity (Wildman–Crippen MR) is 33.0 cm³/mol. The Balaban J connectivity index is 0.000000145. The van der Waals surface area contributed by atoms with Gasteiger partial charge in [0, 0.05) is 0 Å². The number of rotatable bonds is 0. The van der Waals surface area contributed by atoms with E-state index in [1.54, 1.807) is 12.4 Å². The van der Waals surface area contributed by atoms with Gasteiger partial charge >= 0.3 is 0 Å². The molecule has 0 fully saturated rings. The molecule has 0 bridgehead atoms. The van der Waals surface area contributed by atoms with E-state index in [0.29, 0.717) is 0 Å². The first kappa shape index (κ1) is 7.72. The Morgan fingerprint density at radius 2 is 1.62 bits per heavy atom. The average molecular weight is 154 g/mol. The van der Waals surface area contributed by atoms with E-state index in [-0.39, 0.29) is 5.34 Å². The van der Waals surface area contributed by atoms with Gasteiger partial charge in [-0.25, -0.2) is 0 Å². The van der Waals surface area contributed by atoms with Gasteiger partial charge in [-0.2, -0.15) is 15.4 Å². The SMILES string of the molecule is ClCCl.c1cn[nH]n1. The van der Waals surface area contributed by atoms with Crippen LogP contribution in [0.4, 0.5) is 0 Å². The Labute approximate surface area is 57.0 Å². The van der Waals surface area contributed by atoms with Crippen LogP contribution in [0.5, 0.6) is 0 Å². The molecular formula is C3H5Cl2N3. The van der Waals surface area contributed by atoms with E-state index in [2.05, 4.69) is 15.4 Å². The van der Waals surface area contributed by atoms with Crippen molar-refractivity contribution in [2.45, 2.75) is 0 Å². The average Bonchev–Trinajstić information content (AvgIpc) is 2.17. The Bertz CT molecular complexity index is 79.4. The maximum atomic E-state index is 4.76. The quantitative estimate of drug-likeness (QED) is 0.571. The van der Waals surface area contributed by atoms with Crippen LogP contribution in [0.15, 0.2) is 12.4 Å². The molecule has 1 aromatic heterocycles. The Morgan fingerprint density at radius 1 is 1.25 bits per heavy atom. The van der Waals surface area contributed by atoms with Crippen molar-refractivity contribution in [2.24, 2.45) is 0 Å². The second kappa shape index (κ2) is 6.72. The molecule has 0 radical (unpaired) electrons. The predicted octanol–water partition coefficient (Wildman–Crippen LogP) is 1.23. The fourth-order valence-electron chi connectivity index (χ4n) is 0.167. The molecule has 1 heterocycles. The number of H-pyrrole nitrogens is 1. The first-order chi connectivity index (χ1) is 3.91. The van der Waals surface area contributed by atoms with Gasteiger partial charge < -0.3 is 0 Å². The summed E-state index contributed by atoms with van der Waals surface area (Å²) in [5.41, 5.74) is 0. The van der Waals surface area contributed by atoms with E-state index in [1.165, 1.54) is 0 Å². The minimum atomic E-state index is 0.194. The van der Waals surface area contributed by atoms with Crippen LogP contribution >= 0.6 is 23.2 Å². The molecular weight excluding hydrogens is 149 g/mol. The van der Waals surface area contributed by atoms with Crippen molar-refractivity contribution < 1.29 is 0 Å². The van der Waals surface area contributed by atoms with Gasteiger partial charge in [0.15, 0.2) is 0 Å². The summed E-state index contributed by atoms with van der Waals surface area (Å²) in [6.07, 6.45) is 3.17. The largest absolute Gasteiger partial charge is 0.198 e. The summed E-state index contributed by atoms with van der Waals surface area (Å²) in [5, 5.41) is 9.53. The minimum absolute atomic E-state index is 0.194. The summed E-state index contributed by atoms with van der Waals surface area (Å²) in [7, 11) is 0. The smallest absolute Gasteiger partial charge is 0.0967 e. The van der Waals surface area contributed by atoms with Crippen molar-refractivity contribution in [2.75, 3.05) is 5.34 Å². The highest BCUT2D eigenvalue weighted by Gasteiger charge is 1.57. The fourth-order valence-corrected chi connectivity index (χ4v) is 0.167. The van der Waals surface area contributed by atoms with E-state index < -0.39 is 0 Å². The van der Waals surface area contributed by atoms with Gasteiger partial charge in [0.05, 0.1) is 17.7 Å². The molecule has 0 amide bonds. The van der Waals surface area contributed by atoms with Crippen LogP contribution in [0.2, 0.25) is 0 Å². The van der Waals surface area contributed by atoms with Gasteiger partial charge in [0.2, 0.25) is 0 Å². The van der Waals surface area contributed by atoms with Crippen LogP contribution in [-0.4, -0.2) is 20.7 Å². The van der Waals surface area contributed by atoms with Crippen LogP contribution in [0.1, 0.15) is 0 Å². The molecule has 0 unspecified atom stereocenters. The van der Waals surface area contributed by atoms with Crippen LogP contribution < -0.4 is 0 Å². The summed E-state index contributed by atoms with van der Waals surface area (Å²) in [6, 6.07) is 0. The lowest BCUT2D eigenvalue weighted by atomic mass is 11.0. The molecule has 0 spiro atoms. The number of nitrogens with one attached hydrogen (secondary N) is 1. The molecule has 5 heteroatoms. The summed E-state index contributed by atoms with van der Waals surface area (Å²) >= 11 is 9.53. The number of hydrogen-bond acceptors (Lipinski definition) is 2. The lowest BCUT2D eigenvalue weighted by Crippen LogP contribution is -1.61. The molecule has 0 atom stereocenters. The topological polar surface area (TPSA) is 41.6 Å². The number of aromatic amines is 1. The maximum absolute atomic E-state index is 4.76. The Morgan fingerprint density at radius 3 is 1.75 bits per heavy atom. The number of alkyl halides is 2. The summed E-state index contributed by atoms with van der Waals surface area (Å²) < 4.78 is 0. The van der Waals surface area contributed by atoms with Crippen LogP contribution in [-0.2, 0) is 0 Å². The van der Waals surface area contributed by atoms with Gasteiger partial charge in [0.1, 0.15) is 0 Å². The second-order valence-corrected chi connectivity index (χ2v) is 1.57. The zero-order chi connectivity index (χ0) is 6.24. The highest BCUT2D eigenvalue weighted by atomic mass is 35.5. The third kappa shape index (κ3) is 5.72. The monoisotopic (exact) mass is 153 g/mol. The number of hydrogen-bond donors (Lipinski definition) is 1. The molecule has 0 aromatic carbocycles. The van der Waals surface area contributed by atoms with E-state index in [0.717, 1.165) is 0 Å². The first-order valence-electron chi connectivity index (χ1n) is 1.83. The summed E-state index contributed by atoms with van der Waals surface area (Å²) in [5.74, 6) is 0. The van der Waals surface area contributed by atoms with Gasteiger partial charge in [-0.3, -0.25) is 0 Å². The van der Waals surface area contributed by atoms with Gasteiger partial charge in [-0.05, 0) is 0 Å². The minimum Gasteiger partial charge on any atom is -0.198 e. The third-order valence-corrected chi connectivity index (χ3v) is 0.331. The van der Waals surface area contributed by atoms with Crippen molar-refractivity contribution in [3.63, 3.8) is 0 Å². The van der Waals surface area contributed by atoms with E-state index in [1.807, 2.05) is 0 Å². The van der Waals surface area contributed by atoms with Crippen LogP contribution in [0, 0.1) is 0 Å². The Kier molecular flexibility index (Phi) is 6.48. The number of nitrogens with zero attached hydrogens (tertiary/aromatic N) is 2. The Hall–Kier alpha value is -0.280. The zero-order valence-corrected chi connectivity index (χ0v) is 5.52. The molecule has 0 aliphatic heterocycles. The zero-order valence-electron chi connectivity index (χ0n) is 4.01. The molecule has 8 heavy (non-hydrogen) atoms. The van der Waals surface area contributed by atoms with Crippen molar-refractivity contribution in [3.8, 4) is 0 Å². The molecule has 1 rings (SSSR count). The highest BCUT2D eigenvalue weighted by molar-refractivity contribution is 6.40. The third-order valence-electron chi connectivity index (χ3n) is 0.331. The lowest BCUT2D eigenvalue weighted by molar-refractivity contribution is 0.940. The first-order valence-corrected chi connectivity index (χ1v) is 2.90. The molecule has 46 valence electrons. The van der Waals surface area contributed by atoms with Crippen molar-refractivity contribution in [1.29, 1.82) is 0 Å². The normalized spacial score (nSPS) is 7.25. The molecule has 0 saturated carbocycles. The van der Waals surface area contributed by atoms with Gasteiger partial charge in [0.25, 0.3) is 0 Å². The summed E-state index contributed by atoms with van der Waals surface area (Å²) in [6.45, 7) is 0. The van der Waals surface area contributed by atoms with Crippen molar-refractivity contribution >= 4 is 23.2 Å². The fraction of sp³-hybridized carbons (Fsp3) is 0.333. The van der Waals surface area contributed by atoms with Crippen molar-refractivity contribution in [1.82, 2.24) is 15.4 Å². The van der Waals surface area contributed by atoms with Gasteiger partial charge in [-0.1, -0.05) is 0 Å². The molecule has 3 nitrogen and oxygen atoms in total. The highest BCUT2D eigenvalue weighted by Crippen LogP contribution is 1.73. The summed E-state index contributed by atoms with van der Waals surface area (Å²) in [4.78, 5) is 0. The van der Waals surface area contributed by atoms with E-state index in [9.17, 15) is 0 Å². The molecule has 1 aromatic rings. The van der Waals surface area contributed by atoms with E-state index in [4.69, 9.17) is 23.2 Å². The molecule has 0 saturated heterocycles. The number of halogens is 2. The standard InChI is InChI=1S/C2H3N3.CH2Cl2/c1-2-4-5-3-1;2-1-3/h1-2H,(H,3,4,5);1H2. The van der Waals surface area contributed by atoms with Crippen LogP contribution in [0.3, 0.4) is 0 Å². The lowest BCUT2D eigenvalue weighted by Gasteiger charge is -1.48. The molecule has 0 aliphatic carbocycles. The molecule has 1 N–H and O–H groups in total. The van der Waals surface area contributed by atoms with Crippen molar-refractivity contribution in [3.05, 3.63) is 12.4 Å². The van der Waals surface area contributed by atoms with Crippen LogP contribution in [0.25, 0.3) is 0 Å². The molecule has 0 aliphatic rings.